The van der Waals surface area contributed by atoms with E-state index in [4.69, 9.17) is 0 Å². The molecule has 0 aromatic rings. The van der Waals surface area contributed by atoms with E-state index >= 15 is 0 Å². The molecule has 137 valence electrons. The molecule has 0 amide bonds. The Morgan fingerprint density at radius 3 is 1.30 bits per heavy atom. The molecule has 0 unspecified atom stereocenters. The van der Waals surface area contributed by atoms with E-state index in [0.29, 0.717) is 0 Å². The van der Waals surface area contributed by atoms with Crippen molar-refractivity contribution in [3.05, 3.63) is 5.92 Å². The van der Waals surface area contributed by atoms with Crippen LogP contribution in [0.3, 0.4) is 0 Å². The van der Waals surface area contributed by atoms with E-state index in [1.165, 1.54) is 135 Å². The van der Waals surface area contributed by atoms with E-state index in [1.54, 1.807) is 0 Å². The average molecular weight is 322 g/mol. The Labute approximate surface area is 148 Å². The van der Waals surface area contributed by atoms with Gasteiger partial charge in [-0.15, -0.1) is 0 Å². The Bertz CT molecular complexity index is 214. The molecule has 1 aliphatic rings. The lowest BCUT2D eigenvalue weighted by Crippen LogP contribution is -2.03. The fourth-order valence-electron chi connectivity index (χ4n) is 4.05. The molecule has 0 aliphatic heterocycles. The van der Waals surface area contributed by atoms with Gasteiger partial charge in [0.2, 0.25) is 0 Å². The summed E-state index contributed by atoms with van der Waals surface area (Å²) in [6, 6.07) is 0. The van der Waals surface area contributed by atoms with Crippen molar-refractivity contribution in [1.29, 1.82) is 0 Å². The maximum absolute atomic E-state index is 2.30. The molecule has 0 aromatic heterocycles. The van der Waals surface area contributed by atoms with E-state index in [0.717, 1.165) is 0 Å². The van der Waals surface area contributed by atoms with Crippen molar-refractivity contribution in [3.8, 4) is 0 Å². The number of hydrogen-bond acceptors (Lipinski definition) is 0. The van der Waals surface area contributed by atoms with E-state index in [-0.39, 0.29) is 0 Å². The van der Waals surface area contributed by atoms with Crippen LogP contribution in [0.25, 0.3) is 0 Å². The zero-order chi connectivity index (χ0) is 16.4. The summed E-state index contributed by atoms with van der Waals surface area (Å²) in [5.41, 5.74) is 0. The highest BCUT2D eigenvalue weighted by molar-refractivity contribution is 4.91. The third-order valence-corrected chi connectivity index (χ3v) is 5.69. The van der Waals surface area contributed by atoms with Crippen LogP contribution in [0.2, 0.25) is 0 Å². The molecule has 0 spiro atoms. The number of rotatable bonds is 16. The summed E-state index contributed by atoms with van der Waals surface area (Å²) in [5, 5.41) is 0. The molecule has 1 fully saturated rings. The van der Waals surface area contributed by atoms with Crippen LogP contribution in [0.4, 0.5) is 0 Å². The Hall–Kier alpha value is 0. The van der Waals surface area contributed by atoms with Gasteiger partial charge < -0.3 is 0 Å². The van der Waals surface area contributed by atoms with Crippen LogP contribution in [-0.2, 0) is 0 Å². The molecule has 1 saturated carbocycles. The normalized spacial score (nSPS) is 16.0. The SMILES string of the molecule is CCCCCCCCCCCCCCCCC[C]1CCCCC1. The smallest absolute Gasteiger partial charge is 0.0241 e. The van der Waals surface area contributed by atoms with E-state index in [2.05, 4.69) is 6.92 Å². The van der Waals surface area contributed by atoms with Gasteiger partial charge in [-0.3, -0.25) is 0 Å². The predicted octanol–water partition coefficient (Wildman–Crippen LogP) is 8.79. The minimum absolute atomic E-state index is 1.37. The quantitative estimate of drug-likeness (QED) is 0.249. The van der Waals surface area contributed by atoms with Crippen molar-refractivity contribution in [2.75, 3.05) is 0 Å². The van der Waals surface area contributed by atoms with Gasteiger partial charge in [-0.2, -0.15) is 0 Å². The molecule has 1 aliphatic carbocycles. The zero-order valence-corrected chi connectivity index (χ0v) is 16.3. The topological polar surface area (TPSA) is 0 Å². The van der Waals surface area contributed by atoms with Gasteiger partial charge in [0.15, 0.2) is 0 Å². The summed E-state index contributed by atoms with van der Waals surface area (Å²) in [5.74, 6) is 1.89. The molecule has 0 heterocycles. The summed E-state index contributed by atoms with van der Waals surface area (Å²) in [7, 11) is 0. The van der Waals surface area contributed by atoms with E-state index < -0.39 is 0 Å². The number of unbranched alkanes of at least 4 members (excludes halogenated alkanes) is 14. The van der Waals surface area contributed by atoms with Crippen LogP contribution in [0.15, 0.2) is 0 Å². The first-order chi connectivity index (χ1) is 11.4. The molecular formula is C23H45. The van der Waals surface area contributed by atoms with Gasteiger partial charge in [0.1, 0.15) is 0 Å². The third-order valence-electron chi connectivity index (χ3n) is 5.69. The monoisotopic (exact) mass is 321 g/mol. The molecule has 1 rings (SSSR count). The first kappa shape index (κ1) is 21.0. The van der Waals surface area contributed by atoms with E-state index in [1.807, 2.05) is 5.92 Å². The Morgan fingerprint density at radius 2 is 0.870 bits per heavy atom. The van der Waals surface area contributed by atoms with Crippen LogP contribution in [0.5, 0.6) is 0 Å². The summed E-state index contributed by atoms with van der Waals surface area (Å²) in [6.45, 7) is 2.30. The standard InChI is InChI=1S/C23H45/c1-2-3-4-5-6-7-8-9-10-11-12-13-14-15-17-20-23-21-18-16-19-22-23/h2-22H2,1H3. The molecule has 0 nitrogen and oxygen atoms in total. The molecule has 23 heavy (non-hydrogen) atoms. The average Bonchev–Trinajstić information content (AvgIpc) is 2.59. The molecular weight excluding hydrogens is 276 g/mol. The lowest BCUT2D eigenvalue weighted by molar-refractivity contribution is 0.483. The Balaban J connectivity index is 1.67. The predicted molar refractivity (Wildman–Crippen MR) is 106 cm³/mol. The maximum Gasteiger partial charge on any atom is -0.0241 e. The second-order valence-electron chi connectivity index (χ2n) is 8.01. The summed E-state index contributed by atoms with van der Waals surface area (Å²) in [6.07, 6.45) is 31.0. The summed E-state index contributed by atoms with van der Waals surface area (Å²) in [4.78, 5) is 0. The fourth-order valence-corrected chi connectivity index (χ4v) is 4.05. The highest BCUT2D eigenvalue weighted by Gasteiger charge is 2.12. The minimum Gasteiger partial charge on any atom is -0.0654 e. The van der Waals surface area contributed by atoms with Crippen molar-refractivity contribution in [3.63, 3.8) is 0 Å². The maximum atomic E-state index is 2.30. The first-order valence-corrected chi connectivity index (χ1v) is 11.3. The Morgan fingerprint density at radius 1 is 0.478 bits per heavy atom. The molecule has 0 heteroatoms. The second kappa shape index (κ2) is 16.8. The van der Waals surface area contributed by atoms with Crippen LogP contribution in [-0.4, -0.2) is 0 Å². The van der Waals surface area contributed by atoms with Crippen LogP contribution < -0.4 is 0 Å². The largest absolute Gasteiger partial charge is 0.0654 e. The molecule has 0 atom stereocenters. The fraction of sp³-hybridized carbons (Fsp3) is 0.957. The first-order valence-electron chi connectivity index (χ1n) is 11.3. The summed E-state index contributed by atoms with van der Waals surface area (Å²) < 4.78 is 0. The molecule has 0 saturated heterocycles. The van der Waals surface area contributed by atoms with Gasteiger partial charge in [0, 0.05) is 0 Å². The molecule has 0 aromatic carbocycles. The lowest BCUT2D eigenvalue weighted by atomic mass is 9.85. The van der Waals surface area contributed by atoms with Gasteiger partial charge >= 0.3 is 0 Å². The van der Waals surface area contributed by atoms with Crippen molar-refractivity contribution in [1.82, 2.24) is 0 Å². The van der Waals surface area contributed by atoms with Gasteiger partial charge in [-0.1, -0.05) is 122 Å². The van der Waals surface area contributed by atoms with Crippen molar-refractivity contribution < 1.29 is 0 Å². The van der Waals surface area contributed by atoms with Crippen LogP contribution in [0, 0.1) is 5.92 Å². The zero-order valence-electron chi connectivity index (χ0n) is 16.3. The number of hydrogen-bond donors (Lipinski definition) is 0. The molecule has 1 radical (unpaired) electrons. The van der Waals surface area contributed by atoms with E-state index in [9.17, 15) is 0 Å². The highest BCUT2D eigenvalue weighted by atomic mass is 14.2. The lowest BCUT2D eigenvalue weighted by Gasteiger charge is -2.20. The second-order valence-corrected chi connectivity index (χ2v) is 8.01. The highest BCUT2D eigenvalue weighted by Crippen LogP contribution is 2.29. The van der Waals surface area contributed by atoms with Crippen molar-refractivity contribution in [2.24, 2.45) is 0 Å². The Kier molecular flexibility index (Phi) is 15.4. The van der Waals surface area contributed by atoms with Crippen LogP contribution in [0.1, 0.15) is 142 Å². The molecule has 0 N–H and O–H groups in total. The van der Waals surface area contributed by atoms with Gasteiger partial charge in [0.05, 0.1) is 0 Å². The van der Waals surface area contributed by atoms with Gasteiger partial charge in [0.25, 0.3) is 0 Å². The van der Waals surface area contributed by atoms with Crippen molar-refractivity contribution >= 4 is 0 Å². The minimum atomic E-state index is 1.37. The molecule has 0 bridgehead atoms. The summed E-state index contributed by atoms with van der Waals surface area (Å²) >= 11 is 0. The van der Waals surface area contributed by atoms with Crippen LogP contribution >= 0.6 is 0 Å². The van der Waals surface area contributed by atoms with Gasteiger partial charge in [-0.05, 0) is 25.2 Å². The third kappa shape index (κ3) is 14.1. The van der Waals surface area contributed by atoms with Crippen molar-refractivity contribution in [2.45, 2.75) is 142 Å². The van der Waals surface area contributed by atoms with Gasteiger partial charge in [-0.25, -0.2) is 0 Å².